The molecule has 3 unspecified atom stereocenters. The predicted molar refractivity (Wildman–Crippen MR) is 113 cm³/mol. The van der Waals surface area contributed by atoms with Crippen LogP contribution >= 0.6 is 0 Å². The number of nitrogens with one attached hydrogen (secondary N) is 1. The smallest absolute Gasteiger partial charge is 0.201 e. The third-order valence-electron chi connectivity index (χ3n) is 8.37. The minimum absolute atomic E-state index is 0.231. The lowest BCUT2D eigenvalue weighted by Crippen LogP contribution is -2.70. The van der Waals surface area contributed by atoms with Crippen molar-refractivity contribution in [3.63, 3.8) is 0 Å². The Morgan fingerprint density at radius 3 is 2.71 bits per heavy atom. The first kappa shape index (κ1) is 22.5. The topological polar surface area (TPSA) is 70.7 Å². The van der Waals surface area contributed by atoms with Crippen LogP contribution in [-0.4, -0.2) is 81.4 Å². The van der Waals surface area contributed by atoms with Gasteiger partial charge in [0.2, 0.25) is 5.79 Å². The van der Waals surface area contributed by atoms with Gasteiger partial charge in [0.25, 0.3) is 0 Å². The van der Waals surface area contributed by atoms with Crippen LogP contribution in [0.4, 0.5) is 0 Å². The molecule has 8 nitrogen and oxygen atoms in total. The van der Waals surface area contributed by atoms with E-state index in [1.165, 1.54) is 6.42 Å². The SMILES string of the molecule is C[C@@H]1CCC2[C@@H](C)[C@@H](OCCNCCN3CCOCC3)O[C@@H]3OC4(C)CCC1[C@@]23OO4. The minimum atomic E-state index is -0.732. The zero-order valence-electron chi connectivity index (χ0n) is 19.3. The molecule has 5 aliphatic heterocycles. The molecule has 0 aromatic rings. The number of morpholine rings is 1. The van der Waals surface area contributed by atoms with Crippen LogP contribution in [0.3, 0.4) is 0 Å². The van der Waals surface area contributed by atoms with Gasteiger partial charge in [-0.2, -0.15) is 0 Å². The molecule has 1 spiro atoms. The van der Waals surface area contributed by atoms with E-state index in [-0.39, 0.29) is 12.2 Å². The number of ether oxygens (including phenoxy) is 4. The lowest BCUT2D eigenvalue weighted by molar-refractivity contribution is -0.577. The summed E-state index contributed by atoms with van der Waals surface area (Å²) >= 11 is 0. The lowest BCUT2D eigenvalue weighted by atomic mass is 9.58. The molecular formula is C23H40N2O6. The zero-order valence-corrected chi connectivity index (χ0v) is 19.3. The van der Waals surface area contributed by atoms with Crippen LogP contribution in [0, 0.1) is 23.7 Å². The molecule has 1 saturated carbocycles. The van der Waals surface area contributed by atoms with Gasteiger partial charge < -0.3 is 24.3 Å². The molecule has 0 amide bonds. The summed E-state index contributed by atoms with van der Waals surface area (Å²) in [4.78, 5) is 14.5. The van der Waals surface area contributed by atoms with E-state index < -0.39 is 17.7 Å². The van der Waals surface area contributed by atoms with Crippen molar-refractivity contribution in [3.05, 3.63) is 0 Å². The van der Waals surface area contributed by atoms with Crippen molar-refractivity contribution in [1.82, 2.24) is 10.2 Å². The van der Waals surface area contributed by atoms with Gasteiger partial charge in [-0.15, -0.1) is 0 Å². The highest BCUT2D eigenvalue weighted by Gasteiger charge is 2.69. The Morgan fingerprint density at radius 2 is 1.87 bits per heavy atom. The first-order valence-electron chi connectivity index (χ1n) is 12.3. The molecule has 6 rings (SSSR count). The molecule has 2 bridgehead atoms. The van der Waals surface area contributed by atoms with Crippen molar-refractivity contribution < 1.29 is 28.7 Å². The molecule has 178 valence electrons. The van der Waals surface area contributed by atoms with Gasteiger partial charge in [-0.3, -0.25) is 4.90 Å². The van der Waals surface area contributed by atoms with Gasteiger partial charge in [0.05, 0.1) is 19.8 Å². The molecule has 6 fully saturated rings. The van der Waals surface area contributed by atoms with Gasteiger partial charge in [-0.1, -0.05) is 13.8 Å². The Morgan fingerprint density at radius 1 is 1.03 bits per heavy atom. The first-order chi connectivity index (χ1) is 15.0. The molecular weight excluding hydrogens is 400 g/mol. The second-order valence-corrected chi connectivity index (χ2v) is 10.3. The van der Waals surface area contributed by atoms with Gasteiger partial charge in [0, 0.05) is 51.0 Å². The summed E-state index contributed by atoms with van der Waals surface area (Å²) in [6.45, 7) is 13.7. The van der Waals surface area contributed by atoms with Crippen LogP contribution < -0.4 is 5.32 Å². The maximum Gasteiger partial charge on any atom is 0.201 e. The third-order valence-corrected chi connectivity index (χ3v) is 8.37. The van der Waals surface area contributed by atoms with Crippen LogP contribution in [0.2, 0.25) is 0 Å². The molecule has 0 aromatic heterocycles. The fourth-order valence-electron chi connectivity index (χ4n) is 6.50. The Bertz CT molecular complexity index is 619. The second kappa shape index (κ2) is 9.14. The van der Waals surface area contributed by atoms with Crippen LogP contribution in [0.15, 0.2) is 0 Å². The summed E-state index contributed by atoms with van der Waals surface area (Å²) in [7, 11) is 0. The second-order valence-electron chi connectivity index (χ2n) is 10.3. The largest absolute Gasteiger partial charge is 0.379 e. The van der Waals surface area contributed by atoms with Crippen LogP contribution in [0.5, 0.6) is 0 Å². The van der Waals surface area contributed by atoms with Gasteiger partial charge in [-0.25, -0.2) is 9.78 Å². The summed E-state index contributed by atoms with van der Waals surface area (Å²) < 4.78 is 24.5. The fraction of sp³-hybridized carbons (Fsp3) is 1.00. The van der Waals surface area contributed by atoms with Gasteiger partial charge in [-0.05, 0) is 38.0 Å². The molecule has 0 aromatic carbocycles. The fourth-order valence-corrected chi connectivity index (χ4v) is 6.50. The van der Waals surface area contributed by atoms with E-state index in [0.29, 0.717) is 24.4 Å². The zero-order chi connectivity index (χ0) is 21.5. The van der Waals surface area contributed by atoms with Crippen molar-refractivity contribution in [1.29, 1.82) is 0 Å². The number of fused-ring (bicyclic) bond motifs is 2. The summed E-state index contributed by atoms with van der Waals surface area (Å²) in [6, 6.07) is 0. The summed E-state index contributed by atoms with van der Waals surface area (Å²) in [6.07, 6.45) is 3.50. The van der Waals surface area contributed by atoms with Crippen molar-refractivity contribution in [2.24, 2.45) is 23.7 Å². The first-order valence-corrected chi connectivity index (χ1v) is 12.3. The predicted octanol–water partition coefficient (Wildman–Crippen LogP) is 2.13. The van der Waals surface area contributed by atoms with E-state index in [2.05, 4.69) is 24.1 Å². The molecule has 5 heterocycles. The average molecular weight is 441 g/mol. The highest BCUT2D eigenvalue weighted by molar-refractivity contribution is 5.09. The summed E-state index contributed by atoms with van der Waals surface area (Å²) in [5.41, 5.74) is -0.511. The van der Waals surface area contributed by atoms with E-state index in [9.17, 15) is 0 Å². The maximum atomic E-state index is 6.46. The van der Waals surface area contributed by atoms with Crippen molar-refractivity contribution in [2.45, 2.75) is 70.4 Å². The van der Waals surface area contributed by atoms with Crippen molar-refractivity contribution in [2.75, 3.05) is 52.5 Å². The molecule has 6 aliphatic rings. The average Bonchev–Trinajstić information content (AvgIpc) is 3.00. The highest BCUT2D eigenvalue weighted by Crippen LogP contribution is 2.60. The molecule has 8 atom stereocenters. The summed E-state index contributed by atoms with van der Waals surface area (Å²) in [5.74, 6) is 0.786. The standard InChI is InChI=1S/C23H40N2O6/c1-16-4-5-19-17(2)20(27-13-9-24-8-10-25-11-14-26-15-12-25)28-21-23(19)18(16)6-7-22(3,29-21)30-31-23/h16-21,24H,4-15H2,1-3H3/t16-,17-,18?,19?,20+,21-,22?,23-/m1/s1. The Kier molecular flexibility index (Phi) is 6.63. The maximum absolute atomic E-state index is 6.46. The Hall–Kier alpha value is -0.320. The third kappa shape index (κ3) is 4.19. The van der Waals surface area contributed by atoms with E-state index in [1.54, 1.807) is 0 Å². The van der Waals surface area contributed by atoms with E-state index in [1.807, 2.05) is 6.92 Å². The number of hydrogen-bond donors (Lipinski definition) is 1. The van der Waals surface area contributed by atoms with Gasteiger partial charge in [0.15, 0.2) is 18.2 Å². The monoisotopic (exact) mass is 440 g/mol. The number of rotatable bonds is 7. The van der Waals surface area contributed by atoms with E-state index in [0.717, 1.165) is 65.2 Å². The molecule has 1 aliphatic carbocycles. The van der Waals surface area contributed by atoms with E-state index >= 15 is 0 Å². The molecule has 1 N–H and O–H groups in total. The lowest BCUT2D eigenvalue weighted by Gasteiger charge is -2.60. The summed E-state index contributed by atoms with van der Waals surface area (Å²) in [5, 5.41) is 3.50. The van der Waals surface area contributed by atoms with Crippen LogP contribution in [-0.2, 0) is 28.7 Å². The molecule has 8 heteroatoms. The normalized spacial score (nSPS) is 47.7. The number of nitrogens with zero attached hydrogens (tertiary/aromatic N) is 1. The highest BCUT2D eigenvalue weighted by atomic mass is 17.3. The van der Waals surface area contributed by atoms with Crippen LogP contribution in [0.25, 0.3) is 0 Å². The molecule has 31 heavy (non-hydrogen) atoms. The Balaban J connectivity index is 1.16. The number of hydrogen-bond acceptors (Lipinski definition) is 8. The Labute approximate surface area is 186 Å². The van der Waals surface area contributed by atoms with Crippen molar-refractivity contribution in [3.8, 4) is 0 Å². The van der Waals surface area contributed by atoms with Gasteiger partial charge >= 0.3 is 0 Å². The molecule has 5 saturated heterocycles. The van der Waals surface area contributed by atoms with Gasteiger partial charge in [0.1, 0.15) is 0 Å². The van der Waals surface area contributed by atoms with Crippen molar-refractivity contribution >= 4 is 0 Å². The minimum Gasteiger partial charge on any atom is -0.379 e. The molecule has 0 radical (unpaired) electrons. The van der Waals surface area contributed by atoms with Crippen LogP contribution in [0.1, 0.15) is 46.5 Å². The van der Waals surface area contributed by atoms with E-state index in [4.69, 9.17) is 28.7 Å². The quantitative estimate of drug-likeness (QED) is 0.477.